The van der Waals surface area contributed by atoms with E-state index in [4.69, 9.17) is 9.47 Å². The van der Waals surface area contributed by atoms with Gasteiger partial charge in [-0.25, -0.2) is 0 Å². The number of methoxy groups -OCH3 is 2. The number of amides is 1. The number of hydrogen-bond acceptors (Lipinski definition) is 4. The minimum atomic E-state index is 0. The molecule has 1 aliphatic rings. The summed E-state index contributed by atoms with van der Waals surface area (Å²) in [6, 6.07) is 5.76. The number of halogens is 1. The van der Waals surface area contributed by atoms with Gasteiger partial charge in [0.1, 0.15) is 11.5 Å². The second kappa shape index (κ2) is 8.10. The number of carbonyl (C=O) groups excluding carboxylic acids is 1. The molecule has 0 radical (unpaired) electrons. The molecule has 2 rings (SSSR count). The molecular formula is C15H23ClN2O3. The normalized spacial score (nSPS) is 21.1. The molecule has 0 bridgehead atoms. The lowest BCUT2D eigenvalue weighted by molar-refractivity contribution is -0.120. The van der Waals surface area contributed by atoms with Crippen LogP contribution in [0.25, 0.3) is 0 Å². The van der Waals surface area contributed by atoms with Gasteiger partial charge >= 0.3 is 0 Å². The highest BCUT2D eigenvalue weighted by Crippen LogP contribution is 2.27. The first-order chi connectivity index (χ1) is 9.62. The molecule has 1 aliphatic heterocycles. The molecule has 1 fully saturated rings. The van der Waals surface area contributed by atoms with E-state index in [2.05, 4.69) is 17.6 Å². The van der Waals surface area contributed by atoms with Crippen LogP contribution in [0.1, 0.15) is 19.8 Å². The largest absolute Gasteiger partial charge is 0.497 e. The summed E-state index contributed by atoms with van der Waals surface area (Å²) >= 11 is 0. The van der Waals surface area contributed by atoms with Crippen LogP contribution in [0.5, 0.6) is 11.5 Å². The summed E-state index contributed by atoms with van der Waals surface area (Å²) in [5.74, 6) is 1.45. The molecule has 1 heterocycles. The third-order valence-corrected chi connectivity index (χ3v) is 3.61. The second-order valence-electron chi connectivity index (χ2n) is 5.17. The third kappa shape index (κ3) is 4.79. The Balaban J connectivity index is 0.00000220. The lowest BCUT2D eigenvalue weighted by atomic mass is 9.92. The minimum absolute atomic E-state index is 0. The van der Waals surface area contributed by atoms with Gasteiger partial charge in [-0.05, 0) is 26.3 Å². The lowest BCUT2D eigenvalue weighted by Gasteiger charge is -2.27. The van der Waals surface area contributed by atoms with Crippen molar-refractivity contribution in [2.75, 3.05) is 26.1 Å². The van der Waals surface area contributed by atoms with E-state index in [1.807, 2.05) is 0 Å². The summed E-state index contributed by atoms with van der Waals surface area (Å²) < 4.78 is 10.4. The van der Waals surface area contributed by atoms with Crippen molar-refractivity contribution in [3.63, 3.8) is 0 Å². The molecule has 0 saturated carbocycles. The van der Waals surface area contributed by atoms with E-state index in [1.165, 1.54) is 0 Å². The van der Waals surface area contributed by atoms with Crippen LogP contribution in [0.15, 0.2) is 18.2 Å². The molecule has 6 heteroatoms. The molecule has 0 spiro atoms. The summed E-state index contributed by atoms with van der Waals surface area (Å²) in [5.41, 5.74) is 0.706. The van der Waals surface area contributed by atoms with E-state index in [0.717, 1.165) is 19.4 Å². The number of carbonyl (C=O) groups is 1. The molecule has 2 N–H and O–H groups in total. The van der Waals surface area contributed by atoms with Crippen molar-refractivity contribution in [2.24, 2.45) is 5.92 Å². The first kappa shape index (κ1) is 17.6. The van der Waals surface area contributed by atoms with Gasteiger partial charge in [0.25, 0.3) is 0 Å². The predicted octanol–water partition coefficient (Wildman–Crippen LogP) is 2.45. The van der Waals surface area contributed by atoms with Gasteiger partial charge in [0.2, 0.25) is 5.91 Å². The van der Waals surface area contributed by atoms with E-state index in [1.54, 1.807) is 32.4 Å². The molecule has 1 amide bonds. The molecular weight excluding hydrogens is 292 g/mol. The Morgan fingerprint density at radius 1 is 1.24 bits per heavy atom. The number of rotatable bonds is 4. The second-order valence-corrected chi connectivity index (χ2v) is 5.17. The Morgan fingerprint density at radius 2 is 1.86 bits per heavy atom. The molecule has 1 aromatic rings. The van der Waals surface area contributed by atoms with E-state index in [9.17, 15) is 4.79 Å². The molecule has 5 nitrogen and oxygen atoms in total. The maximum absolute atomic E-state index is 12.3. The summed E-state index contributed by atoms with van der Waals surface area (Å²) in [6.07, 6.45) is 1.74. The standard InChI is InChI=1S/C15H22N2O3.ClH/c1-10-6-11(4-5-16-10)15(18)17-12-7-13(19-2)9-14(8-12)20-3;/h7-11,16H,4-6H2,1-3H3,(H,17,18);1H/t10-,11-;/m0./s1. The number of ether oxygens (including phenoxy) is 2. The van der Waals surface area contributed by atoms with Gasteiger partial charge < -0.3 is 20.1 Å². The number of anilines is 1. The van der Waals surface area contributed by atoms with Gasteiger partial charge in [0.15, 0.2) is 0 Å². The van der Waals surface area contributed by atoms with E-state index in [0.29, 0.717) is 23.2 Å². The fourth-order valence-electron chi connectivity index (χ4n) is 2.49. The average molecular weight is 315 g/mol. The number of hydrogen-bond donors (Lipinski definition) is 2. The van der Waals surface area contributed by atoms with Crippen molar-refractivity contribution < 1.29 is 14.3 Å². The van der Waals surface area contributed by atoms with Crippen molar-refractivity contribution in [2.45, 2.75) is 25.8 Å². The third-order valence-electron chi connectivity index (χ3n) is 3.61. The molecule has 0 aromatic heterocycles. The molecule has 2 atom stereocenters. The van der Waals surface area contributed by atoms with Gasteiger partial charge in [-0.15, -0.1) is 12.4 Å². The summed E-state index contributed by atoms with van der Waals surface area (Å²) in [4.78, 5) is 12.3. The Morgan fingerprint density at radius 3 is 2.38 bits per heavy atom. The molecule has 1 aromatic carbocycles. The van der Waals surface area contributed by atoms with Crippen LogP contribution in [-0.2, 0) is 4.79 Å². The quantitative estimate of drug-likeness (QED) is 0.896. The van der Waals surface area contributed by atoms with Crippen LogP contribution in [0.2, 0.25) is 0 Å². The van der Waals surface area contributed by atoms with Crippen LogP contribution in [0.3, 0.4) is 0 Å². The molecule has 0 aliphatic carbocycles. The fraction of sp³-hybridized carbons (Fsp3) is 0.533. The first-order valence-electron chi connectivity index (χ1n) is 6.89. The van der Waals surface area contributed by atoms with Gasteiger partial charge in [-0.2, -0.15) is 0 Å². The van der Waals surface area contributed by atoms with Crippen LogP contribution in [0, 0.1) is 5.92 Å². The van der Waals surface area contributed by atoms with E-state index in [-0.39, 0.29) is 24.2 Å². The van der Waals surface area contributed by atoms with Gasteiger partial charge in [0.05, 0.1) is 14.2 Å². The molecule has 1 saturated heterocycles. The SMILES string of the molecule is COc1cc(NC(=O)[C@H]2CCN[C@@H](C)C2)cc(OC)c1.Cl. The van der Waals surface area contributed by atoms with Crippen LogP contribution >= 0.6 is 12.4 Å². The van der Waals surface area contributed by atoms with E-state index >= 15 is 0 Å². The van der Waals surface area contributed by atoms with E-state index < -0.39 is 0 Å². The fourth-order valence-corrected chi connectivity index (χ4v) is 2.49. The highest BCUT2D eigenvalue weighted by Gasteiger charge is 2.24. The Labute approximate surface area is 131 Å². The van der Waals surface area contributed by atoms with Crippen molar-refractivity contribution in [3.8, 4) is 11.5 Å². The Hall–Kier alpha value is -1.46. The topological polar surface area (TPSA) is 59.6 Å². The monoisotopic (exact) mass is 314 g/mol. The Bertz CT molecular complexity index is 460. The highest BCUT2D eigenvalue weighted by atomic mass is 35.5. The smallest absolute Gasteiger partial charge is 0.227 e. The molecule has 21 heavy (non-hydrogen) atoms. The van der Waals surface area contributed by atoms with Gasteiger partial charge in [-0.1, -0.05) is 0 Å². The van der Waals surface area contributed by atoms with Crippen LogP contribution in [0.4, 0.5) is 5.69 Å². The van der Waals surface area contributed by atoms with Gasteiger partial charge in [-0.3, -0.25) is 4.79 Å². The zero-order valence-corrected chi connectivity index (χ0v) is 13.5. The number of benzene rings is 1. The first-order valence-corrected chi connectivity index (χ1v) is 6.89. The highest BCUT2D eigenvalue weighted by molar-refractivity contribution is 5.93. The molecule has 118 valence electrons. The summed E-state index contributed by atoms with van der Waals surface area (Å²) in [5, 5.41) is 6.30. The maximum Gasteiger partial charge on any atom is 0.227 e. The van der Waals surface area contributed by atoms with Crippen molar-refractivity contribution in [1.29, 1.82) is 0 Å². The number of piperidine rings is 1. The Kier molecular flexibility index (Phi) is 6.78. The molecule has 0 unspecified atom stereocenters. The van der Waals surface area contributed by atoms with Crippen molar-refractivity contribution >= 4 is 24.0 Å². The zero-order chi connectivity index (χ0) is 14.5. The van der Waals surface area contributed by atoms with Crippen molar-refractivity contribution in [1.82, 2.24) is 5.32 Å². The van der Waals surface area contributed by atoms with Crippen molar-refractivity contribution in [3.05, 3.63) is 18.2 Å². The van der Waals surface area contributed by atoms with Crippen LogP contribution in [-0.4, -0.2) is 32.7 Å². The van der Waals surface area contributed by atoms with Gasteiger partial charge in [0, 0.05) is 35.8 Å². The summed E-state index contributed by atoms with van der Waals surface area (Å²) in [7, 11) is 3.18. The average Bonchev–Trinajstić information content (AvgIpc) is 2.46. The predicted molar refractivity (Wildman–Crippen MR) is 85.6 cm³/mol. The zero-order valence-electron chi connectivity index (χ0n) is 12.6. The minimum Gasteiger partial charge on any atom is -0.497 e. The maximum atomic E-state index is 12.3. The van der Waals surface area contributed by atoms with Crippen LogP contribution < -0.4 is 20.1 Å². The lowest BCUT2D eigenvalue weighted by Crippen LogP contribution is -2.40. The summed E-state index contributed by atoms with van der Waals surface area (Å²) in [6.45, 7) is 2.99. The number of nitrogens with one attached hydrogen (secondary N) is 2.